The van der Waals surface area contributed by atoms with Crippen LogP contribution in [0.5, 0.6) is 5.75 Å². The first kappa shape index (κ1) is 42.3. The highest BCUT2D eigenvalue weighted by Crippen LogP contribution is 2.32. The molecule has 0 radical (unpaired) electrons. The van der Waals surface area contributed by atoms with Crippen LogP contribution in [0.15, 0.2) is 36.9 Å². The topological polar surface area (TPSA) is 271 Å². The van der Waals surface area contributed by atoms with Crippen LogP contribution in [0, 0.1) is 0 Å². The van der Waals surface area contributed by atoms with Gasteiger partial charge in [0.25, 0.3) is 0 Å². The normalized spacial score (nSPS) is 19.5. The van der Waals surface area contributed by atoms with Crippen molar-refractivity contribution in [3.63, 3.8) is 0 Å². The SMILES string of the molecule is CNC(CC(=O)NC(CCCCNC(C)=O)C(=O)NC(Cc1ccc(OC)cc1)C(=O)NC1C(CO)OC(n2cnc3c(N(C)C)ncnc32)C1O)C(=O)O. The molecule has 0 bridgehead atoms. The van der Waals surface area contributed by atoms with Crippen molar-refractivity contribution in [1.82, 2.24) is 46.1 Å². The Kier molecular flexibility index (Phi) is 15.2. The third kappa shape index (κ3) is 11.1. The molecule has 0 spiro atoms. The van der Waals surface area contributed by atoms with Crippen LogP contribution in [0.3, 0.4) is 0 Å². The Balaban J connectivity index is 1.58. The number of ether oxygens (including phenoxy) is 2. The van der Waals surface area contributed by atoms with E-state index >= 15 is 0 Å². The van der Waals surface area contributed by atoms with Crippen molar-refractivity contribution in [2.24, 2.45) is 0 Å². The fourth-order valence-corrected chi connectivity index (χ4v) is 6.16. The number of rotatable bonds is 20. The monoisotopic (exact) mass is 770 g/mol. The number of fused-ring (bicyclic) bond motifs is 1. The summed E-state index contributed by atoms with van der Waals surface area (Å²) in [5.74, 6) is -2.53. The number of unbranched alkanes of at least 4 members (excludes halogenated alkanes) is 1. The van der Waals surface area contributed by atoms with Crippen molar-refractivity contribution in [3.8, 4) is 5.75 Å². The Morgan fingerprint density at radius 1 is 1.00 bits per heavy atom. The number of aliphatic carboxylic acids is 1. The summed E-state index contributed by atoms with van der Waals surface area (Å²) >= 11 is 0. The minimum absolute atomic E-state index is 0.0289. The number of hydrogen-bond donors (Lipinski definition) is 8. The molecule has 4 amide bonds. The van der Waals surface area contributed by atoms with Crippen LogP contribution in [0.4, 0.5) is 5.82 Å². The van der Waals surface area contributed by atoms with Gasteiger partial charge in [-0.05, 0) is 44.0 Å². The van der Waals surface area contributed by atoms with Crippen molar-refractivity contribution in [1.29, 1.82) is 0 Å². The quantitative estimate of drug-likeness (QED) is 0.0590. The van der Waals surface area contributed by atoms with E-state index < -0.39 is 79.3 Å². The lowest BCUT2D eigenvalue weighted by Crippen LogP contribution is -2.58. The molecule has 1 aliphatic rings. The van der Waals surface area contributed by atoms with Crippen molar-refractivity contribution in [3.05, 3.63) is 42.5 Å². The summed E-state index contributed by atoms with van der Waals surface area (Å²) in [6.07, 6.45) is -0.352. The Hall–Kier alpha value is -5.44. The average Bonchev–Trinajstić information content (AvgIpc) is 3.72. The number of carboxylic acids is 1. The fourth-order valence-electron chi connectivity index (χ4n) is 6.16. The molecule has 20 heteroatoms. The molecule has 7 unspecified atom stereocenters. The third-order valence-electron chi connectivity index (χ3n) is 9.11. The van der Waals surface area contributed by atoms with E-state index in [2.05, 4.69) is 41.5 Å². The first-order valence-corrected chi connectivity index (χ1v) is 17.7. The van der Waals surface area contributed by atoms with Crippen LogP contribution in [0.1, 0.15) is 44.4 Å². The number of hydrogen-bond acceptors (Lipinski definition) is 14. The zero-order chi connectivity index (χ0) is 40.2. The predicted molar refractivity (Wildman–Crippen MR) is 197 cm³/mol. The molecule has 300 valence electrons. The van der Waals surface area contributed by atoms with Crippen molar-refractivity contribution < 1.29 is 48.8 Å². The van der Waals surface area contributed by atoms with Gasteiger partial charge in [-0.25, -0.2) is 15.0 Å². The number of benzene rings is 1. The Morgan fingerprint density at radius 3 is 2.35 bits per heavy atom. The maximum Gasteiger partial charge on any atom is 0.321 e. The molecule has 3 aromatic rings. The molecule has 20 nitrogen and oxygen atoms in total. The maximum absolute atomic E-state index is 14.1. The lowest BCUT2D eigenvalue weighted by Gasteiger charge is -2.27. The second-order valence-electron chi connectivity index (χ2n) is 13.3. The van der Waals surface area contributed by atoms with E-state index in [1.54, 1.807) is 43.3 Å². The lowest BCUT2D eigenvalue weighted by molar-refractivity contribution is -0.141. The van der Waals surface area contributed by atoms with Gasteiger partial charge in [-0.15, -0.1) is 0 Å². The van der Waals surface area contributed by atoms with Crippen LogP contribution in [-0.2, 0) is 35.1 Å². The molecule has 7 atom stereocenters. The van der Waals surface area contributed by atoms with Crippen LogP contribution in [0.25, 0.3) is 11.2 Å². The molecule has 0 aliphatic carbocycles. The van der Waals surface area contributed by atoms with Gasteiger partial charge in [-0.1, -0.05) is 12.1 Å². The van der Waals surface area contributed by atoms with Crippen molar-refractivity contribution in [2.45, 2.75) is 81.6 Å². The number of nitrogens with zero attached hydrogens (tertiary/aromatic N) is 5. The Labute approximate surface area is 317 Å². The number of carbonyl (C=O) groups excluding carboxylic acids is 4. The number of aromatic nitrogens is 4. The zero-order valence-corrected chi connectivity index (χ0v) is 31.4. The number of nitrogens with one attached hydrogen (secondary N) is 5. The summed E-state index contributed by atoms with van der Waals surface area (Å²) in [5, 5.41) is 44.5. The molecule has 1 saturated heterocycles. The Morgan fingerprint density at radius 2 is 1.73 bits per heavy atom. The number of anilines is 1. The highest BCUT2D eigenvalue weighted by atomic mass is 16.5. The molecule has 3 heterocycles. The molecule has 0 saturated carbocycles. The summed E-state index contributed by atoms with van der Waals surface area (Å²) in [6, 6.07) is 2.00. The number of aliphatic hydroxyl groups excluding tert-OH is 2. The molecule has 1 aromatic carbocycles. The van der Waals surface area contributed by atoms with E-state index in [9.17, 15) is 39.3 Å². The highest BCUT2D eigenvalue weighted by Gasteiger charge is 2.46. The molecule has 8 N–H and O–H groups in total. The molecular formula is C35H50N10O10. The lowest BCUT2D eigenvalue weighted by atomic mass is 10.0. The molecular weight excluding hydrogens is 720 g/mol. The molecule has 1 aliphatic heterocycles. The number of imidazole rings is 1. The average molecular weight is 771 g/mol. The summed E-state index contributed by atoms with van der Waals surface area (Å²) in [4.78, 5) is 78.6. The smallest absolute Gasteiger partial charge is 0.321 e. The van der Waals surface area contributed by atoms with Gasteiger partial charge >= 0.3 is 5.97 Å². The number of carboxylic acid groups (broad SMARTS) is 1. The molecule has 4 rings (SSSR count). The molecule has 55 heavy (non-hydrogen) atoms. The number of methoxy groups -OCH3 is 1. The molecule has 1 fully saturated rings. The maximum atomic E-state index is 14.1. The van der Waals surface area contributed by atoms with Gasteiger partial charge in [-0.3, -0.25) is 28.5 Å². The van der Waals surface area contributed by atoms with Gasteiger partial charge in [0.2, 0.25) is 23.6 Å². The number of likely N-dealkylation sites (N-methyl/N-ethyl adjacent to an activating group) is 1. The van der Waals surface area contributed by atoms with Crippen molar-refractivity contribution in [2.75, 3.05) is 46.3 Å². The largest absolute Gasteiger partial charge is 0.497 e. The van der Waals surface area contributed by atoms with Gasteiger partial charge in [0, 0.05) is 34.0 Å². The summed E-state index contributed by atoms with van der Waals surface area (Å²) in [5.41, 5.74) is 1.43. The van der Waals surface area contributed by atoms with Crippen LogP contribution in [0.2, 0.25) is 0 Å². The van der Waals surface area contributed by atoms with Crippen molar-refractivity contribution >= 4 is 46.6 Å². The van der Waals surface area contributed by atoms with E-state index in [0.717, 1.165) is 0 Å². The van der Waals surface area contributed by atoms with E-state index in [0.29, 0.717) is 47.7 Å². The standard InChI is InChI=1S/C35H50N10O10/c1-19(47)37-13-7-6-8-22(41-26(48)15-24(36-2)35(52)53)32(50)42-23(14-20-9-11-21(54-5)12-10-20)33(51)43-27-25(16-46)55-34(29(27)49)45-18-40-28-30(44(3)4)38-17-39-31(28)45/h9-12,17-18,22-25,27,29,34,36,46,49H,6-8,13-16H2,1-5H3,(H,37,47)(H,41,48)(H,42,50)(H,43,51)(H,52,53). The van der Waals surface area contributed by atoms with Crippen LogP contribution >= 0.6 is 0 Å². The number of aliphatic hydroxyl groups is 2. The fraction of sp³-hybridized carbons (Fsp3) is 0.543. The third-order valence-corrected chi connectivity index (χ3v) is 9.11. The first-order valence-electron chi connectivity index (χ1n) is 17.7. The highest BCUT2D eigenvalue weighted by molar-refractivity contribution is 5.93. The minimum Gasteiger partial charge on any atom is -0.497 e. The predicted octanol–water partition coefficient (Wildman–Crippen LogP) is -1.78. The number of amides is 4. The zero-order valence-electron chi connectivity index (χ0n) is 31.4. The van der Waals surface area contributed by atoms with Gasteiger partial charge in [-0.2, -0.15) is 0 Å². The number of carbonyl (C=O) groups is 5. The second-order valence-corrected chi connectivity index (χ2v) is 13.3. The summed E-state index contributed by atoms with van der Waals surface area (Å²) in [7, 11) is 6.48. The van der Waals surface area contributed by atoms with Gasteiger partial charge in [0.05, 0.1) is 32.5 Å². The van der Waals surface area contributed by atoms with Gasteiger partial charge < -0.3 is 56.3 Å². The van der Waals surface area contributed by atoms with E-state index in [4.69, 9.17) is 9.47 Å². The van der Waals surface area contributed by atoms with Crippen LogP contribution < -0.4 is 36.2 Å². The van der Waals surface area contributed by atoms with Crippen LogP contribution in [-0.4, -0.2) is 142 Å². The van der Waals surface area contributed by atoms with E-state index in [1.165, 1.54) is 38.3 Å². The summed E-state index contributed by atoms with van der Waals surface area (Å²) in [6.45, 7) is 1.13. The van der Waals surface area contributed by atoms with Gasteiger partial charge in [0.1, 0.15) is 42.4 Å². The minimum atomic E-state index is -1.40. The summed E-state index contributed by atoms with van der Waals surface area (Å²) < 4.78 is 12.8. The second kappa shape index (κ2) is 19.8. The van der Waals surface area contributed by atoms with E-state index in [-0.39, 0.29) is 18.7 Å². The first-order chi connectivity index (χ1) is 26.3. The van der Waals surface area contributed by atoms with E-state index in [1.807, 2.05) is 0 Å². The Bertz CT molecular complexity index is 1790. The molecule has 2 aromatic heterocycles. The van der Waals surface area contributed by atoms with Gasteiger partial charge in [0.15, 0.2) is 23.2 Å².